The van der Waals surface area contributed by atoms with Crippen LogP contribution in [0.4, 0.5) is 0 Å². The Labute approximate surface area is 125 Å². The zero-order valence-electron chi connectivity index (χ0n) is 12.4. The fraction of sp³-hybridized carbons (Fsp3) is 0.222. The third-order valence-electron chi connectivity index (χ3n) is 3.06. The van der Waals surface area contributed by atoms with Gasteiger partial charge in [-0.25, -0.2) is 4.79 Å². The smallest absolute Gasteiger partial charge is 0.333 e. The minimum Gasteiger partial charge on any atom is -0.463 e. The zero-order chi connectivity index (χ0) is 15.1. The number of esters is 1. The van der Waals surface area contributed by atoms with Gasteiger partial charge in [-0.1, -0.05) is 30.3 Å². The number of pyridine rings is 1. The molecule has 0 saturated carbocycles. The molecule has 21 heavy (non-hydrogen) atoms. The standard InChI is InChI=1S/C18H19NO2/c1-3-21-18(20)14(2)10-15-6-4-7-16(11-15)12-17-8-5-9-19-13-17/h4-11,13H,3,12H2,1-2H3. The van der Waals surface area contributed by atoms with Crippen LogP contribution in [-0.4, -0.2) is 17.6 Å². The monoisotopic (exact) mass is 281 g/mol. The van der Waals surface area contributed by atoms with Gasteiger partial charge in [-0.15, -0.1) is 0 Å². The molecule has 1 aromatic carbocycles. The molecule has 0 spiro atoms. The fourth-order valence-corrected chi connectivity index (χ4v) is 2.09. The second kappa shape index (κ2) is 7.39. The number of hydrogen-bond donors (Lipinski definition) is 0. The molecule has 0 bridgehead atoms. The van der Waals surface area contributed by atoms with Crippen molar-refractivity contribution >= 4 is 12.0 Å². The van der Waals surface area contributed by atoms with E-state index in [1.54, 1.807) is 20.0 Å². The van der Waals surface area contributed by atoms with Crippen molar-refractivity contribution in [3.05, 3.63) is 71.1 Å². The number of aromatic nitrogens is 1. The largest absolute Gasteiger partial charge is 0.463 e. The Bertz CT molecular complexity index is 633. The molecule has 0 amide bonds. The molecule has 0 radical (unpaired) electrons. The summed E-state index contributed by atoms with van der Waals surface area (Å²) in [6.45, 7) is 3.97. The van der Waals surface area contributed by atoms with Gasteiger partial charge in [0.25, 0.3) is 0 Å². The maximum atomic E-state index is 11.6. The number of benzene rings is 1. The lowest BCUT2D eigenvalue weighted by Crippen LogP contribution is -2.04. The highest BCUT2D eigenvalue weighted by atomic mass is 16.5. The molecule has 3 heteroatoms. The second-order valence-corrected chi connectivity index (χ2v) is 4.83. The minimum atomic E-state index is -0.268. The van der Waals surface area contributed by atoms with Crippen LogP contribution < -0.4 is 0 Å². The maximum absolute atomic E-state index is 11.6. The molecular weight excluding hydrogens is 262 g/mol. The Balaban J connectivity index is 2.14. The number of rotatable bonds is 5. The van der Waals surface area contributed by atoms with Gasteiger partial charge in [0, 0.05) is 18.0 Å². The molecule has 108 valence electrons. The van der Waals surface area contributed by atoms with E-state index in [2.05, 4.69) is 23.2 Å². The van der Waals surface area contributed by atoms with E-state index in [4.69, 9.17) is 4.74 Å². The quantitative estimate of drug-likeness (QED) is 0.620. The Morgan fingerprint density at radius 2 is 2.05 bits per heavy atom. The van der Waals surface area contributed by atoms with Crippen molar-refractivity contribution in [1.82, 2.24) is 4.98 Å². The van der Waals surface area contributed by atoms with Crippen LogP contribution in [0, 0.1) is 0 Å². The van der Waals surface area contributed by atoms with E-state index >= 15 is 0 Å². The van der Waals surface area contributed by atoms with Crippen molar-refractivity contribution in [1.29, 1.82) is 0 Å². The van der Waals surface area contributed by atoms with Crippen molar-refractivity contribution in [3.8, 4) is 0 Å². The highest BCUT2D eigenvalue weighted by molar-refractivity contribution is 5.93. The number of ether oxygens (including phenoxy) is 1. The van der Waals surface area contributed by atoms with Crippen molar-refractivity contribution < 1.29 is 9.53 Å². The van der Waals surface area contributed by atoms with Crippen LogP contribution in [0.5, 0.6) is 0 Å². The van der Waals surface area contributed by atoms with Crippen LogP contribution in [0.1, 0.15) is 30.5 Å². The first-order valence-corrected chi connectivity index (χ1v) is 7.02. The molecule has 0 unspecified atom stereocenters. The van der Waals surface area contributed by atoms with Gasteiger partial charge in [0.1, 0.15) is 0 Å². The average molecular weight is 281 g/mol. The molecule has 0 fully saturated rings. The van der Waals surface area contributed by atoms with E-state index in [1.165, 1.54) is 11.1 Å². The third-order valence-corrected chi connectivity index (χ3v) is 3.06. The first-order chi connectivity index (χ1) is 10.2. The van der Waals surface area contributed by atoms with Gasteiger partial charge < -0.3 is 4.74 Å². The van der Waals surface area contributed by atoms with Gasteiger partial charge >= 0.3 is 5.97 Å². The summed E-state index contributed by atoms with van der Waals surface area (Å²) in [6, 6.07) is 12.1. The molecule has 1 aromatic heterocycles. The predicted molar refractivity (Wildman–Crippen MR) is 83.8 cm³/mol. The summed E-state index contributed by atoms with van der Waals surface area (Å²) in [6.07, 6.45) is 6.32. The Kier molecular flexibility index (Phi) is 5.27. The number of carbonyl (C=O) groups excluding carboxylic acids is 1. The van der Waals surface area contributed by atoms with Crippen LogP contribution >= 0.6 is 0 Å². The van der Waals surface area contributed by atoms with Crippen molar-refractivity contribution in [2.75, 3.05) is 6.61 Å². The van der Waals surface area contributed by atoms with Gasteiger partial charge in [0.05, 0.1) is 6.61 Å². The lowest BCUT2D eigenvalue weighted by molar-refractivity contribution is -0.138. The molecule has 2 aromatic rings. The molecule has 0 aliphatic rings. The summed E-state index contributed by atoms with van der Waals surface area (Å²) in [7, 11) is 0. The third kappa shape index (κ3) is 4.56. The lowest BCUT2D eigenvalue weighted by Gasteiger charge is -2.04. The SMILES string of the molecule is CCOC(=O)C(C)=Cc1cccc(Cc2cccnc2)c1. The summed E-state index contributed by atoms with van der Waals surface area (Å²) in [5, 5.41) is 0. The van der Waals surface area contributed by atoms with Gasteiger partial charge in [0.2, 0.25) is 0 Å². The highest BCUT2D eigenvalue weighted by Gasteiger charge is 2.04. The van der Waals surface area contributed by atoms with Crippen LogP contribution in [0.2, 0.25) is 0 Å². The molecule has 0 aliphatic heterocycles. The van der Waals surface area contributed by atoms with Gasteiger partial charge in [0.15, 0.2) is 0 Å². The maximum Gasteiger partial charge on any atom is 0.333 e. The zero-order valence-corrected chi connectivity index (χ0v) is 12.4. The Hall–Kier alpha value is -2.42. The summed E-state index contributed by atoms with van der Waals surface area (Å²) >= 11 is 0. The fourth-order valence-electron chi connectivity index (χ4n) is 2.09. The number of hydrogen-bond acceptors (Lipinski definition) is 3. The molecule has 0 N–H and O–H groups in total. The van der Waals surface area contributed by atoms with Gasteiger partial charge in [-0.3, -0.25) is 4.98 Å². The van der Waals surface area contributed by atoms with Crippen LogP contribution in [-0.2, 0) is 16.0 Å². The van der Waals surface area contributed by atoms with Crippen molar-refractivity contribution in [3.63, 3.8) is 0 Å². The molecule has 0 atom stereocenters. The summed E-state index contributed by atoms with van der Waals surface area (Å²) in [5.41, 5.74) is 3.96. The molecular formula is C18H19NO2. The first-order valence-electron chi connectivity index (χ1n) is 7.02. The van der Waals surface area contributed by atoms with E-state index in [1.807, 2.05) is 30.5 Å². The minimum absolute atomic E-state index is 0.268. The normalized spacial score (nSPS) is 11.2. The molecule has 3 nitrogen and oxygen atoms in total. The molecule has 1 heterocycles. The van der Waals surface area contributed by atoms with E-state index < -0.39 is 0 Å². The van der Waals surface area contributed by atoms with Crippen LogP contribution in [0.25, 0.3) is 6.08 Å². The Morgan fingerprint density at radius 3 is 2.76 bits per heavy atom. The molecule has 0 aliphatic carbocycles. The summed E-state index contributed by atoms with van der Waals surface area (Å²) in [5.74, 6) is -0.268. The molecule has 2 rings (SSSR count). The first kappa shape index (κ1) is 15.0. The number of nitrogens with zero attached hydrogens (tertiary/aromatic N) is 1. The van der Waals surface area contributed by atoms with Gasteiger partial charge in [-0.05, 0) is 49.1 Å². The van der Waals surface area contributed by atoms with E-state index in [0.717, 1.165) is 12.0 Å². The van der Waals surface area contributed by atoms with Crippen molar-refractivity contribution in [2.24, 2.45) is 0 Å². The van der Waals surface area contributed by atoms with E-state index in [0.29, 0.717) is 12.2 Å². The van der Waals surface area contributed by atoms with Gasteiger partial charge in [-0.2, -0.15) is 0 Å². The van der Waals surface area contributed by atoms with E-state index in [-0.39, 0.29) is 5.97 Å². The highest BCUT2D eigenvalue weighted by Crippen LogP contribution is 2.14. The summed E-state index contributed by atoms with van der Waals surface area (Å²) in [4.78, 5) is 15.7. The molecule has 0 saturated heterocycles. The van der Waals surface area contributed by atoms with Crippen molar-refractivity contribution in [2.45, 2.75) is 20.3 Å². The Morgan fingerprint density at radius 1 is 1.24 bits per heavy atom. The topological polar surface area (TPSA) is 39.2 Å². The lowest BCUT2D eigenvalue weighted by atomic mass is 10.0. The summed E-state index contributed by atoms with van der Waals surface area (Å²) < 4.78 is 4.99. The van der Waals surface area contributed by atoms with Crippen LogP contribution in [0.15, 0.2) is 54.4 Å². The average Bonchev–Trinajstić information content (AvgIpc) is 2.49. The van der Waals surface area contributed by atoms with Crippen LogP contribution in [0.3, 0.4) is 0 Å². The predicted octanol–water partition coefficient (Wildman–Crippen LogP) is 3.64. The van der Waals surface area contributed by atoms with E-state index in [9.17, 15) is 4.79 Å². The number of carbonyl (C=O) groups is 1. The second-order valence-electron chi connectivity index (χ2n) is 4.83.